The van der Waals surface area contributed by atoms with Crippen LogP contribution in [0.3, 0.4) is 0 Å². The highest BCUT2D eigenvalue weighted by atomic mass is 16.6. The highest BCUT2D eigenvalue weighted by molar-refractivity contribution is 5.96. The predicted octanol–water partition coefficient (Wildman–Crippen LogP) is 1.52. The van der Waals surface area contributed by atoms with Crippen LogP contribution in [0.1, 0.15) is 35.5 Å². The van der Waals surface area contributed by atoms with Gasteiger partial charge in [0.1, 0.15) is 0 Å². The molecule has 1 saturated heterocycles. The summed E-state index contributed by atoms with van der Waals surface area (Å²) in [6.45, 7) is 2.68. The highest BCUT2D eigenvalue weighted by Gasteiger charge is 2.32. The number of likely N-dealkylation sites (tertiary alicyclic amines) is 1. The summed E-state index contributed by atoms with van der Waals surface area (Å²) in [5.74, 6) is -0.344. The normalized spacial score (nSPS) is 15.9. The molecular formula is C10H13N3O4. The zero-order chi connectivity index (χ0) is 12.4. The van der Waals surface area contributed by atoms with Crippen molar-refractivity contribution >= 4 is 11.6 Å². The number of nitrogens with zero attached hydrogens (tertiary/aromatic N) is 3. The minimum Gasteiger partial charge on any atom is -0.353 e. The number of carbonyl (C=O) groups is 1. The second kappa shape index (κ2) is 4.52. The molecule has 0 unspecified atom stereocenters. The third kappa shape index (κ3) is 2.13. The SMILES string of the molecule is Cc1onc(C(=O)N2CCCCC2)c1[N+](=O)[O-]. The van der Waals surface area contributed by atoms with E-state index in [0.717, 1.165) is 19.3 Å². The summed E-state index contributed by atoms with van der Waals surface area (Å²) in [6, 6.07) is 0. The number of nitro groups is 1. The Kier molecular flexibility index (Phi) is 3.08. The molecule has 1 aromatic heterocycles. The molecular weight excluding hydrogens is 226 g/mol. The summed E-state index contributed by atoms with van der Waals surface area (Å²) in [7, 11) is 0. The molecule has 0 bridgehead atoms. The van der Waals surface area contributed by atoms with E-state index in [1.54, 1.807) is 4.90 Å². The van der Waals surface area contributed by atoms with Crippen LogP contribution < -0.4 is 0 Å². The fourth-order valence-corrected chi connectivity index (χ4v) is 1.97. The minimum atomic E-state index is -0.622. The smallest absolute Gasteiger partial charge is 0.344 e. The molecule has 0 atom stereocenters. The van der Waals surface area contributed by atoms with Crippen molar-refractivity contribution in [2.24, 2.45) is 0 Å². The van der Waals surface area contributed by atoms with Gasteiger partial charge in [-0.05, 0) is 19.3 Å². The van der Waals surface area contributed by atoms with Crippen molar-refractivity contribution in [1.29, 1.82) is 0 Å². The maximum atomic E-state index is 12.0. The summed E-state index contributed by atoms with van der Waals surface area (Å²) in [6.07, 6.45) is 2.94. The Morgan fingerprint density at radius 1 is 1.41 bits per heavy atom. The van der Waals surface area contributed by atoms with Gasteiger partial charge in [-0.3, -0.25) is 14.9 Å². The van der Waals surface area contributed by atoms with Gasteiger partial charge in [0, 0.05) is 20.0 Å². The minimum absolute atomic E-state index is 0.0651. The van der Waals surface area contributed by atoms with E-state index in [-0.39, 0.29) is 17.1 Å². The summed E-state index contributed by atoms with van der Waals surface area (Å²) < 4.78 is 4.73. The molecule has 0 N–H and O–H groups in total. The molecule has 0 saturated carbocycles. The number of piperidine rings is 1. The number of rotatable bonds is 2. The van der Waals surface area contributed by atoms with E-state index >= 15 is 0 Å². The molecule has 17 heavy (non-hydrogen) atoms. The molecule has 1 aliphatic rings. The van der Waals surface area contributed by atoms with Crippen molar-refractivity contribution in [3.8, 4) is 0 Å². The first-order chi connectivity index (χ1) is 8.11. The van der Waals surface area contributed by atoms with Crippen LogP contribution >= 0.6 is 0 Å². The van der Waals surface area contributed by atoms with Gasteiger partial charge in [0.2, 0.25) is 11.5 Å². The first kappa shape index (κ1) is 11.6. The molecule has 2 rings (SSSR count). The van der Waals surface area contributed by atoms with Crippen LogP contribution in [0.15, 0.2) is 4.52 Å². The summed E-state index contributed by atoms with van der Waals surface area (Å²) in [5, 5.41) is 14.3. The Morgan fingerprint density at radius 3 is 2.65 bits per heavy atom. The lowest BCUT2D eigenvalue weighted by Crippen LogP contribution is -2.36. The van der Waals surface area contributed by atoms with Crippen molar-refractivity contribution in [2.75, 3.05) is 13.1 Å². The second-order valence-electron chi connectivity index (χ2n) is 4.05. The van der Waals surface area contributed by atoms with Crippen molar-refractivity contribution in [2.45, 2.75) is 26.2 Å². The Bertz CT molecular complexity index is 448. The summed E-state index contributed by atoms with van der Waals surface area (Å²) in [4.78, 5) is 23.8. The van der Waals surface area contributed by atoms with Crippen LogP contribution in [-0.2, 0) is 0 Å². The van der Waals surface area contributed by atoms with Gasteiger partial charge in [-0.25, -0.2) is 0 Å². The van der Waals surface area contributed by atoms with Crippen LogP contribution in [0.5, 0.6) is 0 Å². The Balaban J connectivity index is 2.27. The average Bonchev–Trinajstić information content (AvgIpc) is 2.71. The van der Waals surface area contributed by atoms with E-state index < -0.39 is 10.8 Å². The summed E-state index contributed by atoms with van der Waals surface area (Å²) >= 11 is 0. The molecule has 1 aliphatic heterocycles. The maximum Gasteiger partial charge on any atom is 0.344 e. The van der Waals surface area contributed by atoms with Crippen LogP contribution in [0, 0.1) is 17.0 Å². The van der Waals surface area contributed by atoms with E-state index in [0.29, 0.717) is 13.1 Å². The second-order valence-corrected chi connectivity index (χ2v) is 4.05. The zero-order valence-electron chi connectivity index (χ0n) is 9.51. The van der Waals surface area contributed by atoms with E-state index in [1.807, 2.05) is 0 Å². The van der Waals surface area contributed by atoms with Gasteiger partial charge >= 0.3 is 5.69 Å². The van der Waals surface area contributed by atoms with E-state index in [1.165, 1.54) is 6.92 Å². The fraction of sp³-hybridized carbons (Fsp3) is 0.600. The lowest BCUT2D eigenvalue weighted by atomic mass is 10.1. The number of aryl methyl sites for hydroxylation is 1. The molecule has 7 nitrogen and oxygen atoms in total. The zero-order valence-corrected chi connectivity index (χ0v) is 9.51. The van der Waals surface area contributed by atoms with Crippen molar-refractivity contribution in [3.05, 3.63) is 21.6 Å². The largest absolute Gasteiger partial charge is 0.353 e. The van der Waals surface area contributed by atoms with E-state index in [4.69, 9.17) is 4.52 Å². The van der Waals surface area contributed by atoms with Gasteiger partial charge in [0.05, 0.1) is 4.92 Å². The molecule has 0 radical (unpaired) electrons. The first-order valence-electron chi connectivity index (χ1n) is 5.51. The van der Waals surface area contributed by atoms with Gasteiger partial charge in [0.25, 0.3) is 5.91 Å². The van der Waals surface area contributed by atoms with Gasteiger partial charge in [-0.15, -0.1) is 0 Å². The van der Waals surface area contributed by atoms with Gasteiger partial charge in [-0.2, -0.15) is 0 Å². The third-order valence-electron chi connectivity index (χ3n) is 2.86. The van der Waals surface area contributed by atoms with Gasteiger partial charge in [0.15, 0.2) is 0 Å². The highest BCUT2D eigenvalue weighted by Crippen LogP contribution is 2.24. The number of amides is 1. The molecule has 0 spiro atoms. The third-order valence-corrected chi connectivity index (χ3v) is 2.86. The van der Waals surface area contributed by atoms with Crippen LogP contribution in [0.4, 0.5) is 5.69 Å². The molecule has 0 aromatic carbocycles. The number of hydrogen-bond acceptors (Lipinski definition) is 5. The lowest BCUT2D eigenvalue weighted by Gasteiger charge is -2.25. The molecule has 1 fully saturated rings. The summed E-state index contributed by atoms with van der Waals surface area (Å²) in [5.41, 5.74) is -0.505. The molecule has 1 amide bonds. The quantitative estimate of drug-likeness (QED) is 0.576. The van der Waals surface area contributed by atoms with Crippen LogP contribution in [0.25, 0.3) is 0 Å². The monoisotopic (exact) mass is 239 g/mol. The average molecular weight is 239 g/mol. The predicted molar refractivity (Wildman–Crippen MR) is 57.6 cm³/mol. The molecule has 1 aromatic rings. The van der Waals surface area contributed by atoms with E-state index in [9.17, 15) is 14.9 Å². The van der Waals surface area contributed by atoms with Gasteiger partial charge < -0.3 is 9.42 Å². The number of carbonyl (C=O) groups excluding carboxylic acids is 1. The number of aromatic nitrogens is 1. The molecule has 0 aliphatic carbocycles. The van der Waals surface area contributed by atoms with Crippen molar-refractivity contribution in [3.63, 3.8) is 0 Å². The topological polar surface area (TPSA) is 89.5 Å². The Morgan fingerprint density at radius 2 is 2.06 bits per heavy atom. The van der Waals surface area contributed by atoms with Crippen molar-refractivity contribution in [1.82, 2.24) is 10.1 Å². The standard InChI is InChI=1S/C10H13N3O4/c1-7-9(13(15)16)8(11-17-7)10(14)12-5-3-2-4-6-12/h2-6H2,1H3. The van der Waals surface area contributed by atoms with Crippen molar-refractivity contribution < 1.29 is 14.2 Å². The molecule has 2 heterocycles. The first-order valence-corrected chi connectivity index (χ1v) is 5.51. The maximum absolute atomic E-state index is 12.0. The Hall–Kier alpha value is -1.92. The van der Waals surface area contributed by atoms with Crippen LogP contribution in [-0.4, -0.2) is 34.0 Å². The number of hydrogen-bond donors (Lipinski definition) is 0. The van der Waals surface area contributed by atoms with Gasteiger partial charge in [-0.1, -0.05) is 5.16 Å². The molecule has 7 heteroatoms. The van der Waals surface area contributed by atoms with Crippen LogP contribution in [0.2, 0.25) is 0 Å². The fourth-order valence-electron chi connectivity index (χ4n) is 1.97. The van der Waals surface area contributed by atoms with E-state index in [2.05, 4.69) is 5.16 Å². The Labute approximate surface area is 97.5 Å². The lowest BCUT2D eigenvalue weighted by molar-refractivity contribution is -0.386. The molecule has 92 valence electrons.